The fourth-order valence-electron chi connectivity index (χ4n) is 1.98. The summed E-state index contributed by atoms with van der Waals surface area (Å²) >= 11 is 0. The van der Waals surface area contributed by atoms with Crippen LogP contribution in [0.1, 0.15) is 38.1 Å². The lowest BCUT2D eigenvalue weighted by Gasteiger charge is -2.29. The standard InChI is InChI=1S/C14H20N4O/c1-10(2)18(11(3)4)9-14(19)12-5-7-13(8-6-12)16-17-15/h5-8,10-11H,9H2,1-4H3. The minimum absolute atomic E-state index is 0.0786. The number of carbonyl (C=O) groups is 1. The van der Waals surface area contributed by atoms with Gasteiger partial charge in [-0.15, -0.1) is 0 Å². The zero-order valence-electron chi connectivity index (χ0n) is 11.9. The van der Waals surface area contributed by atoms with Crippen LogP contribution in [0.2, 0.25) is 0 Å². The van der Waals surface area contributed by atoms with Crippen molar-refractivity contribution in [1.29, 1.82) is 0 Å². The average Bonchev–Trinajstić information content (AvgIpc) is 2.36. The largest absolute Gasteiger partial charge is 0.293 e. The Morgan fingerprint density at radius 1 is 1.21 bits per heavy atom. The molecule has 102 valence electrons. The van der Waals surface area contributed by atoms with Gasteiger partial charge in [-0.1, -0.05) is 29.4 Å². The van der Waals surface area contributed by atoms with Gasteiger partial charge in [-0.05, 0) is 33.2 Å². The van der Waals surface area contributed by atoms with Crippen LogP contribution in [0.15, 0.2) is 29.4 Å². The molecule has 1 rings (SSSR count). The number of nitrogens with zero attached hydrogens (tertiary/aromatic N) is 4. The molecule has 0 aliphatic heterocycles. The summed E-state index contributed by atoms with van der Waals surface area (Å²) in [5.41, 5.74) is 9.48. The summed E-state index contributed by atoms with van der Waals surface area (Å²) in [5.74, 6) is 0.0786. The molecule has 1 aromatic carbocycles. The Kier molecular flexibility index (Phi) is 5.55. The first-order valence-electron chi connectivity index (χ1n) is 6.39. The maximum atomic E-state index is 12.2. The molecule has 1 aromatic rings. The van der Waals surface area contributed by atoms with E-state index in [0.29, 0.717) is 29.9 Å². The van der Waals surface area contributed by atoms with Crippen LogP contribution in [0.3, 0.4) is 0 Å². The molecule has 0 aliphatic carbocycles. The molecule has 0 atom stereocenters. The fourth-order valence-corrected chi connectivity index (χ4v) is 1.98. The van der Waals surface area contributed by atoms with E-state index in [1.54, 1.807) is 24.3 Å². The summed E-state index contributed by atoms with van der Waals surface area (Å²) in [6.07, 6.45) is 0. The normalized spacial score (nSPS) is 10.9. The van der Waals surface area contributed by atoms with Gasteiger partial charge in [-0.2, -0.15) is 0 Å². The van der Waals surface area contributed by atoms with Crippen LogP contribution >= 0.6 is 0 Å². The van der Waals surface area contributed by atoms with E-state index >= 15 is 0 Å². The lowest BCUT2D eigenvalue weighted by molar-refractivity contribution is 0.0866. The summed E-state index contributed by atoms with van der Waals surface area (Å²) < 4.78 is 0. The van der Waals surface area contributed by atoms with Crippen molar-refractivity contribution in [2.24, 2.45) is 5.11 Å². The molecule has 0 bridgehead atoms. The van der Waals surface area contributed by atoms with Gasteiger partial charge in [0.1, 0.15) is 0 Å². The molecular weight excluding hydrogens is 240 g/mol. The summed E-state index contributed by atoms with van der Waals surface area (Å²) in [4.78, 5) is 17.0. The maximum Gasteiger partial charge on any atom is 0.176 e. The molecule has 0 aliphatic rings. The van der Waals surface area contributed by atoms with Crippen LogP contribution in [-0.2, 0) is 0 Å². The second-order valence-electron chi connectivity index (χ2n) is 5.02. The van der Waals surface area contributed by atoms with Gasteiger partial charge >= 0.3 is 0 Å². The minimum atomic E-state index is 0.0786. The summed E-state index contributed by atoms with van der Waals surface area (Å²) in [6.45, 7) is 8.72. The molecule has 19 heavy (non-hydrogen) atoms. The Morgan fingerprint density at radius 2 is 1.74 bits per heavy atom. The summed E-state index contributed by atoms with van der Waals surface area (Å²) in [6, 6.07) is 7.36. The van der Waals surface area contributed by atoms with Crippen LogP contribution in [-0.4, -0.2) is 29.3 Å². The van der Waals surface area contributed by atoms with Gasteiger partial charge in [-0.25, -0.2) is 0 Å². The molecule has 5 nitrogen and oxygen atoms in total. The molecule has 0 amide bonds. The molecular formula is C14H20N4O. The second kappa shape index (κ2) is 6.92. The SMILES string of the molecule is CC(C)N(CC(=O)c1ccc(N=[N+]=[N-])cc1)C(C)C. The highest BCUT2D eigenvalue weighted by Crippen LogP contribution is 2.14. The van der Waals surface area contributed by atoms with Crippen LogP contribution in [0.25, 0.3) is 10.4 Å². The fraction of sp³-hybridized carbons (Fsp3) is 0.500. The van der Waals surface area contributed by atoms with Gasteiger partial charge in [0.25, 0.3) is 0 Å². The molecule has 0 fully saturated rings. The highest BCUT2D eigenvalue weighted by Gasteiger charge is 2.17. The summed E-state index contributed by atoms with van der Waals surface area (Å²) in [7, 11) is 0. The zero-order valence-corrected chi connectivity index (χ0v) is 11.9. The monoisotopic (exact) mass is 260 g/mol. The lowest BCUT2D eigenvalue weighted by Crippen LogP contribution is -2.40. The Labute approximate surface area is 113 Å². The molecule has 0 spiro atoms. The van der Waals surface area contributed by atoms with E-state index in [9.17, 15) is 4.79 Å². The number of hydrogen-bond donors (Lipinski definition) is 0. The van der Waals surface area contributed by atoms with E-state index in [1.807, 2.05) is 0 Å². The van der Waals surface area contributed by atoms with E-state index in [2.05, 4.69) is 42.6 Å². The second-order valence-corrected chi connectivity index (χ2v) is 5.02. The smallest absolute Gasteiger partial charge is 0.176 e. The van der Waals surface area contributed by atoms with Gasteiger partial charge in [0.05, 0.1) is 6.54 Å². The van der Waals surface area contributed by atoms with Crippen molar-refractivity contribution in [3.8, 4) is 0 Å². The third-order valence-electron chi connectivity index (χ3n) is 3.00. The molecule has 0 N–H and O–H groups in total. The highest BCUT2D eigenvalue weighted by atomic mass is 16.1. The Hall–Kier alpha value is -1.84. The molecule has 0 radical (unpaired) electrons. The summed E-state index contributed by atoms with van der Waals surface area (Å²) in [5, 5.41) is 3.48. The van der Waals surface area contributed by atoms with Gasteiger partial charge in [0, 0.05) is 28.2 Å². The quantitative estimate of drug-likeness (QED) is 0.336. The highest BCUT2D eigenvalue weighted by molar-refractivity contribution is 5.97. The van der Waals surface area contributed by atoms with Crippen molar-refractivity contribution < 1.29 is 4.79 Å². The predicted molar refractivity (Wildman–Crippen MR) is 76.6 cm³/mol. The number of carbonyl (C=O) groups excluding carboxylic acids is 1. The molecule has 0 unspecified atom stereocenters. The number of azide groups is 1. The minimum Gasteiger partial charge on any atom is -0.293 e. The number of hydrogen-bond acceptors (Lipinski definition) is 3. The maximum absolute atomic E-state index is 12.2. The Bertz CT molecular complexity index is 465. The first-order valence-corrected chi connectivity index (χ1v) is 6.39. The van der Waals surface area contributed by atoms with Gasteiger partial charge in [0.15, 0.2) is 5.78 Å². The van der Waals surface area contributed by atoms with E-state index in [-0.39, 0.29) is 5.78 Å². The van der Waals surface area contributed by atoms with E-state index in [4.69, 9.17) is 5.53 Å². The van der Waals surface area contributed by atoms with E-state index in [1.165, 1.54) is 0 Å². The zero-order chi connectivity index (χ0) is 14.4. The van der Waals surface area contributed by atoms with E-state index < -0.39 is 0 Å². The predicted octanol–water partition coefficient (Wildman–Crippen LogP) is 3.93. The van der Waals surface area contributed by atoms with Crippen molar-refractivity contribution in [3.63, 3.8) is 0 Å². The van der Waals surface area contributed by atoms with Gasteiger partial charge in [-0.3, -0.25) is 9.69 Å². The topological polar surface area (TPSA) is 69.1 Å². The van der Waals surface area contributed by atoms with Crippen LogP contribution in [0.5, 0.6) is 0 Å². The number of benzene rings is 1. The first kappa shape index (κ1) is 15.2. The van der Waals surface area contributed by atoms with Crippen molar-refractivity contribution in [2.45, 2.75) is 39.8 Å². The van der Waals surface area contributed by atoms with Crippen molar-refractivity contribution >= 4 is 11.5 Å². The number of Topliss-reactive ketones (excluding diaryl/α,β-unsaturated/α-hetero) is 1. The third-order valence-corrected chi connectivity index (χ3v) is 3.00. The number of rotatable bonds is 6. The van der Waals surface area contributed by atoms with Gasteiger partial charge < -0.3 is 0 Å². The van der Waals surface area contributed by atoms with Gasteiger partial charge in [0.2, 0.25) is 0 Å². The van der Waals surface area contributed by atoms with Crippen molar-refractivity contribution in [3.05, 3.63) is 40.3 Å². The third kappa shape index (κ3) is 4.39. The van der Waals surface area contributed by atoms with Crippen LogP contribution < -0.4 is 0 Å². The Morgan fingerprint density at radius 3 is 2.16 bits per heavy atom. The first-order chi connectivity index (χ1) is 8.95. The molecule has 0 saturated heterocycles. The van der Waals surface area contributed by atoms with Crippen LogP contribution in [0, 0.1) is 0 Å². The molecule has 0 aromatic heterocycles. The lowest BCUT2D eigenvalue weighted by atomic mass is 10.1. The van der Waals surface area contributed by atoms with Crippen LogP contribution in [0.4, 0.5) is 5.69 Å². The molecule has 5 heteroatoms. The number of ketones is 1. The average molecular weight is 260 g/mol. The van der Waals surface area contributed by atoms with Crippen molar-refractivity contribution in [2.75, 3.05) is 6.54 Å². The Balaban J connectivity index is 2.79. The molecule has 0 saturated carbocycles. The van der Waals surface area contributed by atoms with Crippen molar-refractivity contribution in [1.82, 2.24) is 4.90 Å². The van der Waals surface area contributed by atoms with E-state index in [0.717, 1.165) is 0 Å². The molecule has 0 heterocycles.